The Balaban J connectivity index is 1.98. The van der Waals surface area contributed by atoms with Crippen molar-refractivity contribution >= 4 is 29.3 Å². The number of nitrogens with one attached hydrogen (secondary N) is 1. The monoisotopic (exact) mass is 321 g/mol. The Hall–Kier alpha value is -1.69. The van der Waals surface area contributed by atoms with E-state index >= 15 is 0 Å². The number of carbonyl (C=O) groups is 2. The highest BCUT2D eigenvalue weighted by Gasteiger charge is 2.23. The van der Waals surface area contributed by atoms with Crippen molar-refractivity contribution in [3.05, 3.63) is 29.8 Å². The molecule has 1 atom stereocenters. The van der Waals surface area contributed by atoms with Crippen LogP contribution in [0.15, 0.2) is 24.3 Å². The van der Waals surface area contributed by atoms with E-state index in [9.17, 15) is 9.59 Å². The van der Waals surface area contributed by atoms with E-state index in [-0.39, 0.29) is 11.8 Å². The van der Waals surface area contributed by atoms with Crippen LogP contribution >= 0.6 is 11.8 Å². The Morgan fingerprint density at radius 3 is 2.59 bits per heavy atom. The average Bonchev–Trinajstić information content (AvgIpc) is 2.54. The number of amides is 2. The van der Waals surface area contributed by atoms with Crippen molar-refractivity contribution in [1.29, 1.82) is 0 Å². The lowest BCUT2D eigenvalue weighted by molar-refractivity contribution is -0.132. The van der Waals surface area contributed by atoms with Crippen LogP contribution in [0.4, 0.5) is 5.69 Å². The summed E-state index contributed by atoms with van der Waals surface area (Å²) in [4.78, 5) is 28.4. The molecule has 1 heterocycles. The van der Waals surface area contributed by atoms with E-state index < -0.39 is 6.04 Å². The number of hydrogen-bond donors (Lipinski definition) is 1. The van der Waals surface area contributed by atoms with Crippen LogP contribution in [0.25, 0.3) is 0 Å². The maximum absolute atomic E-state index is 12.3. The van der Waals surface area contributed by atoms with Gasteiger partial charge in [0.1, 0.15) is 6.04 Å². The molecule has 0 bridgehead atoms. The predicted molar refractivity (Wildman–Crippen MR) is 91.6 cm³/mol. The molecule has 6 heteroatoms. The standard InChI is InChI=1S/C16H23N3O2S/c1-12(16(21)19-7-9-22-10-8-19)17-15(20)13-5-4-6-14(11-13)18(2)3/h4-6,11-12H,7-10H2,1-3H3,(H,17,20). The molecule has 120 valence electrons. The number of hydrogen-bond acceptors (Lipinski definition) is 4. The molecule has 1 N–H and O–H groups in total. The molecule has 0 radical (unpaired) electrons. The first-order valence-corrected chi connectivity index (χ1v) is 8.59. The molecular formula is C16H23N3O2S. The summed E-state index contributed by atoms with van der Waals surface area (Å²) in [6.45, 7) is 3.28. The van der Waals surface area contributed by atoms with E-state index in [1.807, 2.05) is 53.9 Å². The minimum atomic E-state index is -0.501. The maximum Gasteiger partial charge on any atom is 0.251 e. The second kappa shape index (κ2) is 7.54. The van der Waals surface area contributed by atoms with Gasteiger partial charge in [-0.05, 0) is 25.1 Å². The normalized spacial score (nSPS) is 16.0. The first kappa shape index (κ1) is 16.7. The van der Waals surface area contributed by atoms with E-state index in [4.69, 9.17) is 0 Å². The van der Waals surface area contributed by atoms with E-state index in [2.05, 4.69) is 5.32 Å². The van der Waals surface area contributed by atoms with Crippen LogP contribution in [0.5, 0.6) is 0 Å². The fraction of sp³-hybridized carbons (Fsp3) is 0.500. The van der Waals surface area contributed by atoms with Crippen LogP contribution in [0.1, 0.15) is 17.3 Å². The average molecular weight is 321 g/mol. The van der Waals surface area contributed by atoms with Crippen molar-refractivity contribution < 1.29 is 9.59 Å². The lowest BCUT2D eigenvalue weighted by Gasteiger charge is -2.29. The molecule has 22 heavy (non-hydrogen) atoms. The topological polar surface area (TPSA) is 52.7 Å². The number of rotatable bonds is 4. The molecule has 2 amide bonds. The summed E-state index contributed by atoms with van der Waals surface area (Å²) in [5, 5.41) is 2.80. The summed E-state index contributed by atoms with van der Waals surface area (Å²) >= 11 is 1.86. The number of carbonyl (C=O) groups excluding carboxylic acids is 2. The van der Waals surface area contributed by atoms with Gasteiger partial charge in [0, 0.05) is 49.9 Å². The third-order valence-corrected chi connectivity index (χ3v) is 4.61. The van der Waals surface area contributed by atoms with Gasteiger partial charge >= 0.3 is 0 Å². The van der Waals surface area contributed by atoms with Crippen LogP contribution < -0.4 is 10.2 Å². The molecule has 1 aliphatic heterocycles. The van der Waals surface area contributed by atoms with Crippen LogP contribution in [0.2, 0.25) is 0 Å². The third-order valence-electron chi connectivity index (χ3n) is 3.67. The van der Waals surface area contributed by atoms with Crippen LogP contribution in [-0.2, 0) is 4.79 Å². The highest BCUT2D eigenvalue weighted by molar-refractivity contribution is 7.99. The first-order chi connectivity index (χ1) is 10.5. The van der Waals surface area contributed by atoms with E-state index in [0.29, 0.717) is 5.56 Å². The summed E-state index contributed by atoms with van der Waals surface area (Å²) in [5.74, 6) is 1.72. The summed E-state index contributed by atoms with van der Waals surface area (Å²) in [6, 6.07) is 6.87. The maximum atomic E-state index is 12.3. The minimum Gasteiger partial charge on any atom is -0.378 e. The molecule has 1 aromatic rings. The van der Waals surface area contributed by atoms with Gasteiger partial charge in [-0.15, -0.1) is 0 Å². The summed E-state index contributed by atoms with van der Waals surface area (Å²) in [6.07, 6.45) is 0. The Bertz CT molecular complexity index is 542. The molecular weight excluding hydrogens is 298 g/mol. The van der Waals surface area contributed by atoms with Gasteiger partial charge in [-0.3, -0.25) is 9.59 Å². The van der Waals surface area contributed by atoms with Crippen molar-refractivity contribution in [2.45, 2.75) is 13.0 Å². The summed E-state index contributed by atoms with van der Waals surface area (Å²) in [7, 11) is 3.86. The largest absolute Gasteiger partial charge is 0.378 e. The van der Waals surface area contributed by atoms with Gasteiger partial charge < -0.3 is 15.1 Å². The molecule has 2 rings (SSSR count). The molecule has 0 aliphatic carbocycles. The summed E-state index contributed by atoms with van der Waals surface area (Å²) < 4.78 is 0. The van der Waals surface area contributed by atoms with Crippen molar-refractivity contribution in [2.24, 2.45) is 0 Å². The second-order valence-electron chi connectivity index (χ2n) is 5.58. The van der Waals surface area contributed by atoms with E-state index in [1.165, 1.54) is 0 Å². The zero-order valence-corrected chi connectivity index (χ0v) is 14.2. The predicted octanol–water partition coefficient (Wildman–Crippen LogP) is 1.45. The highest BCUT2D eigenvalue weighted by Crippen LogP contribution is 2.14. The molecule has 1 unspecified atom stereocenters. The first-order valence-electron chi connectivity index (χ1n) is 7.44. The molecule has 0 spiro atoms. The fourth-order valence-corrected chi connectivity index (χ4v) is 3.23. The van der Waals surface area contributed by atoms with Gasteiger partial charge in [0.25, 0.3) is 5.91 Å². The quantitative estimate of drug-likeness (QED) is 0.912. The molecule has 0 aromatic heterocycles. The van der Waals surface area contributed by atoms with Gasteiger partial charge in [-0.2, -0.15) is 11.8 Å². The number of anilines is 1. The minimum absolute atomic E-state index is 0.00239. The van der Waals surface area contributed by atoms with Crippen molar-refractivity contribution in [1.82, 2.24) is 10.2 Å². The zero-order chi connectivity index (χ0) is 16.1. The molecule has 1 aliphatic rings. The van der Waals surface area contributed by atoms with E-state index in [0.717, 1.165) is 30.3 Å². The lowest BCUT2D eigenvalue weighted by Crippen LogP contribution is -2.49. The molecule has 5 nitrogen and oxygen atoms in total. The van der Waals surface area contributed by atoms with E-state index in [1.54, 1.807) is 13.0 Å². The smallest absolute Gasteiger partial charge is 0.251 e. The molecule has 1 aromatic carbocycles. The SMILES string of the molecule is CC(NC(=O)c1cccc(N(C)C)c1)C(=O)N1CCSCC1. The van der Waals surface area contributed by atoms with Crippen molar-refractivity contribution in [2.75, 3.05) is 43.6 Å². The third kappa shape index (κ3) is 4.16. The van der Waals surface area contributed by atoms with Gasteiger partial charge in [-0.1, -0.05) is 6.07 Å². The molecule has 0 saturated carbocycles. The van der Waals surface area contributed by atoms with Gasteiger partial charge in [-0.25, -0.2) is 0 Å². The van der Waals surface area contributed by atoms with Crippen molar-refractivity contribution in [3.8, 4) is 0 Å². The summed E-state index contributed by atoms with van der Waals surface area (Å²) in [5.41, 5.74) is 1.53. The number of thioether (sulfide) groups is 1. The van der Waals surface area contributed by atoms with Gasteiger partial charge in [0.2, 0.25) is 5.91 Å². The van der Waals surface area contributed by atoms with Crippen LogP contribution in [0, 0.1) is 0 Å². The Morgan fingerprint density at radius 2 is 1.95 bits per heavy atom. The Kier molecular flexibility index (Phi) is 5.71. The number of benzene rings is 1. The highest BCUT2D eigenvalue weighted by atomic mass is 32.2. The Labute approximate surface area is 136 Å². The zero-order valence-electron chi connectivity index (χ0n) is 13.3. The van der Waals surface area contributed by atoms with Gasteiger partial charge in [0.05, 0.1) is 0 Å². The van der Waals surface area contributed by atoms with Gasteiger partial charge in [0.15, 0.2) is 0 Å². The van der Waals surface area contributed by atoms with Crippen LogP contribution in [0.3, 0.4) is 0 Å². The fourth-order valence-electron chi connectivity index (χ4n) is 2.32. The van der Waals surface area contributed by atoms with Crippen LogP contribution in [-0.4, -0.2) is 61.4 Å². The molecule has 1 saturated heterocycles. The lowest BCUT2D eigenvalue weighted by atomic mass is 10.1. The van der Waals surface area contributed by atoms with Crippen molar-refractivity contribution in [3.63, 3.8) is 0 Å². The second-order valence-corrected chi connectivity index (χ2v) is 6.80. The Morgan fingerprint density at radius 1 is 1.27 bits per heavy atom. The molecule has 1 fully saturated rings. The number of nitrogens with zero attached hydrogens (tertiary/aromatic N) is 2.